The number of ether oxygens (including phenoxy) is 2. The second-order valence-electron chi connectivity index (χ2n) is 21.3. The summed E-state index contributed by atoms with van der Waals surface area (Å²) in [6.07, 6.45) is 0.124. The van der Waals surface area contributed by atoms with Crippen molar-refractivity contribution in [1.29, 1.82) is 15.8 Å². The van der Waals surface area contributed by atoms with Gasteiger partial charge in [0.05, 0.1) is 54.5 Å². The largest absolute Gasteiger partial charge is 0.444 e. The number of benzene rings is 3. The number of hydrogen-bond acceptors (Lipinski definition) is 16. The molecule has 3 aromatic carbocycles. The standard InChI is InChI=1S/C26H32N4O6.C19H20ClN3O3.C18H19N3O3.H2/c1-5-29-23(24(32)20-13-18(4)12-19(14-20)15-27)22(17(2)3)25(33)30(26(29)34)16-36-21(31)6-7-28-8-10-35-11-9-28;1-5-22-16(15(11(2)3)18(25)23(10-20)19(22)26)17(24)14-7-12(4)6-13(8-14)9-21;1-5-21-15(14(10(2)3)17(23)20-18(21)24)16(22)13-7-11(4)6-12(8-13)9-19;/h12-14,17H,5-11,16H2,1-4H3;6-8,11H,5,10H2,1-4H3;6-8,10H,5H2,1-4H3,(H,20,23,24);1H/i;;;1+1. The molecule has 0 bridgehead atoms. The summed E-state index contributed by atoms with van der Waals surface area (Å²) in [5, 5.41) is 27.6. The summed E-state index contributed by atoms with van der Waals surface area (Å²) in [7, 11) is 0. The molecule has 0 aliphatic carbocycles. The molecule has 4 heterocycles. The van der Waals surface area contributed by atoms with Crippen LogP contribution >= 0.6 is 11.6 Å². The number of H-pyrrole nitrogens is 1. The summed E-state index contributed by atoms with van der Waals surface area (Å²) in [6, 6.07) is 20.1. The minimum Gasteiger partial charge on any atom is -0.444 e. The zero-order valence-corrected chi connectivity index (χ0v) is 51.3. The molecule has 6 aromatic rings. The molecule has 454 valence electrons. The van der Waals surface area contributed by atoms with E-state index in [2.05, 4.69) is 9.88 Å². The zero-order chi connectivity index (χ0) is 64.0. The van der Waals surface area contributed by atoms with Crippen molar-refractivity contribution in [2.24, 2.45) is 0 Å². The highest BCUT2D eigenvalue weighted by atomic mass is 35.5. The third kappa shape index (κ3) is 15.4. The van der Waals surface area contributed by atoms with Crippen LogP contribution in [0.4, 0.5) is 0 Å². The summed E-state index contributed by atoms with van der Waals surface area (Å²) in [5.74, 6) is -2.81. The van der Waals surface area contributed by atoms with Crippen LogP contribution in [0.3, 0.4) is 0 Å². The first-order chi connectivity index (χ1) is 40.7. The molecule has 0 spiro atoms. The number of esters is 1. The number of nitrogens with one attached hydrogen (secondary N) is 1. The number of hydrogen-bond donors (Lipinski definition) is 1. The van der Waals surface area contributed by atoms with E-state index in [1.807, 2.05) is 18.2 Å². The summed E-state index contributed by atoms with van der Waals surface area (Å²) in [4.78, 5) is 133. The van der Waals surface area contributed by atoms with Gasteiger partial charge in [0.2, 0.25) is 17.3 Å². The number of nitrogens with zero attached hydrogens (tertiary/aromatic N) is 9. The van der Waals surface area contributed by atoms with Gasteiger partial charge in [-0.05, 0) is 131 Å². The average Bonchev–Trinajstić information content (AvgIpc) is 3.17. The summed E-state index contributed by atoms with van der Waals surface area (Å²) in [6.45, 7) is 24.4. The lowest BCUT2D eigenvalue weighted by molar-refractivity contribution is -0.148. The van der Waals surface area contributed by atoms with Crippen LogP contribution in [0.25, 0.3) is 0 Å². The highest BCUT2D eigenvalue weighted by Gasteiger charge is 2.30. The molecule has 0 radical (unpaired) electrons. The molecule has 0 saturated carbocycles. The minimum absolute atomic E-state index is 0. The molecule has 1 aliphatic rings. The van der Waals surface area contributed by atoms with Crippen molar-refractivity contribution in [1.82, 2.24) is 32.7 Å². The maximum atomic E-state index is 13.6. The van der Waals surface area contributed by atoms with Crippen molar-refractivity contribution in [3.63, 3.8) is 0 Å². The SMILES string of the molecule is CCn1c(C(=O)c2cc(C)cc(C#N)c2)c(C(C)C)c(=O)[nH]c1=O.CCn1c(C(=O)c2cc(C)cc(C#N)c2)c(C(C)C)c(=O)n(CCl)c1=O.CCn1c(C(=O)c2cc(C)cc(C#N)c2)c(C(C)C)c(=O)n(COC(=O)CCN2CCOCC2)c1=O.[2HH]. The van der Waals surface area contributed by atoms with E-state index in [0.717, 1.165) is 33.4 Å². The Labute approximate surface area is 503 Å². The van der Waals surface area contributed by atoms with Crippen molar-refractivity contribution in [3.05, 3.63) is 201 Å². The van der Waals surface area contributed by atoms with Crippen molar-refractivity contribution in [3.8, 4) is 18.2 Å². The number of carbonyl (C=O) groups is 4. The van der Waals surface area contributed by atoms with E-state index >= 15 is 0 Å². The predicted octanol–water partition coefficient (Wildman–Crippen LogP) is 6.89. The minimum atomic E-state index is -0.732. The normalized spacial score (nSPS) is 12.1. The van der Waals surface area contributed by atoms with Crippen LogP contribution in [0, 0.1) is 54.8 Å². The van der Waals surface area contributed by atoms with Crippen molar-refractivity contribution >= 4 is 34.9 Å². The quantitative estimate of drug-likeness (QED) is 0.0520. The van der Waals surface area contributed by atoms with Crippen LogP contribution < -0.4 is 33.7 Å². The molecule has 23 heteroatoms. The van der Waals surface area contributed by atoms with Gasteiger partial charge in [-0.25, -0.2) is 23.5 Å². The highest BCUT2D eigenvalue weighted by Crippen LogP contribution is 2.24. The van der Waals surface area contributed by atoms with Crippen LogP contribution in [-0.2, 0) is 46.6 Å². The number of carbonyl (C=O) groups excluding carboxylic acids is 4. The number of rotatable bonds is 18. The molecule has 3 aromatic heterocycles. The molecular weight excluding hydrogens is 1120 g/mol. The molecule has 1 aliphatic heterocycles. The number of morpholine rings is 1. The summed E-state index contributed by atoms with van der Waals surface area (Å²) >= 11 is 5.78. The van der Waals surface area contributed by atoms with Crippen LogP contribution in [0.1, 0.15) is 186 Å². The summed E-state index contributed by atoms with van der Waals surface area (Å²) < 4.78 is 16.1. The fourth-order valence-electron chi connectivity index (χ4n) is 10.1. The Hall–Kier alpha value is -9.14. The van der Waals surface area contributed by atoms with Crippen molar-refractivity contribution in [2.75, 3.05) is 32.8 Å². The molecule has 1 N–H and O–H groups in total. The van der Waals surface area contributed by atoms with E-state index in [9.17, 15) is 53.2 Å². The first-order valence-corrected chi connectivity index (χ1v) is 28.6. The fourth-order valence-corrected chi connectivity index (χ4v) is 10.3. The Balaban J connectivity index is 0.000000285. The van der Waals surface area contributed by atoms with E-state index in [-0.39, 0.29) is 90.2 Å². The van der Waals surface area contributed by atoms with E-state index < -0.39 is 69.7 Å². The van der Waals surface area contributed by atoms with Gasteiger partial charge in [0.1, 0.15) is 23.1 Å². The molecule has 0 atom stereocenters. The van der Waals surface area contributed by atoms with Crippen LogP contribution in [-0.4, -0.2) is 88.9 Å². The van der Waals surface area contributed by atoms with E-state index in [0.29, 0.717) is 47.6 Å². The topological polar surface area (TPSA) is 304 Å². The van der Waals surface area contributed by atoms with Gasteiger partial charge in [-0.2, -0.15) is 15.8 Å². The maximum absolute atomic E-state index is 13.6. The molecule has 86 heavy (non-hydrogen) atoms. The number of ketones is 3. The Kier molecular flexibility index (Phi) is 23.7. The van der Waals surface area contributed by atoms with Gasteiger partial charge in [-0.3, -0.25) is 57.1 Å². The van der Waals surface area contributed by atoms with E-state index in [1.165, 1.54) is 31.9 Å². The van der Waals surface area contributed by atoms with Crippen LogP contribution in [0.2, 0.25) is 0 Å². The first-order valence-electron chi connectivity index (χ1n) is 28.1. The molecule has 1 fully saturated rings. The lowest BCUT2D eigenvalue weighted by Crippen LogP contribution is -2.45. The number of nitriles is 3. The van der Waals surface area contributed by atoms with Gasteiger partial charge in [0.25, 0.3) is 16.7 Å². The second-order valence-corrected chi connectivity index (χ2v) is 21.6. The Morgan fingerprint density at radius 2 is 0.942 bits per heavy atom. The Bertz CT molecular complexity index is 4120. The van der Waals surface area contributed by atoms with Crippen molar-refractivity contribution in [2.45, 2.75) is 140 Å². The lowest BCUT2D eigenvalue weighted by atomic mass is 9.95. The van der Waals surface area contributed by atoms with Gasteiger partial charge in [-0.1, -0.05) is 41.5 Å². The second kappa shape index (κ2) is 30.1. The van der Waals surface area contributed by atoms with Gasteiger partial charge < -0.3 is 9.47 Å². The molecule has 0 amide bonds. The van der Waals surface area contributed by atoms with E-state index in [1.54, 1.807) is 119 Å². The van der Waals surface area contributed by atoms with Crippen LogP contribution in [0.5, 0.6) is 0 Å². The molecular formula is C63H73ClN10O12. The third-order valence-corrected chi connectivity index (χ3v) is 14.3. The molecule has 7 rings (SSSR count). The number of alkyl halides is 1. The zero-order valence-electron chi connectivity index (χ0n) is 50.5. The molecule has 0 unspecified atom stereocenters. The Morgan fingerprint density at radius 3 is 1.30 bits per heavy atom. The maximum Gasteiger partial charge on any atom is 0.334 e. The number of halogens is 1. The number of aromatic amines is 1. The fraction of sp³-hybridized carbons (Fsp3) is 0.413. The third-order valence-electron chi connectivity index (χ3n) is 14.1. The average molecular weight is 1200 g/mol. The summed E-state index contributed by atoms with van der Waals surface area (Å²) in [5.41, 5.74) is 1.14. The van der Waals surface area contributed by atoms with Crippen LogP contribution in [0.15, 0.2) is 83.4 Å². The molecule has 22 nitrogen and oxygen atoms in total. The van der Waals surface area contributed by atoms with Crippen molar-refractivity contribution < 1.29 is 30.1 Å². The van der Waals surface area contributed by atoms with Gasteiger partial charge >= 0.3 is 23.0 Å². The lowest BCUT2D eigenvalue weighted by Gasteiger charge is -2.26. The van der Waals surface area contributed by atoms with Gasteiger partial charge in [-0.15, -0.1) is 11.6 Å². The van der Waals surface area contributed by atoms with Gasteiger partial charge in [0, 0.05) is 74.1 Å². The smallest absolute Gasteiger partial charge is 0.334 e. The first kappa shape index (κ1) is 67.6. The number of aromatic nitrogens is 6. The van der Waals surface area contributed by atoms with E-state index in [4.69, 9.17) is 31.6 Å². The number of aryl methyl sites for hydroxylation is 3. The highest BCUT2D eigenvalue weighted by molar-refractivity contribution is 6.15. The van der Waals surface area contributed by atoms with Gasteiger partial charge in [0.15, 0.2) is 6.73 Å². The molecule has 1 saturated heterocycles. The monoisotopic (exact) mass is 1200 g/mol. The predicted molar refractivity (Wildman–Crippen MR) is 324 cm³/mol. The Morgan fingerprint density at radius 1 is 0.570 bits per heavy atom.